The van der Waals surface area contributed by atoms with Gasteiger partial charge in [-0.2, -0.15) is 0 Å². The van der Waals surface area contributed by atoms with Gasteiger partial charge in [0.15, 0.2) is 0 Å². The standard InChI is InChI=1S/C13H17N3OS/c1-3-17-11-5-4-10(8-9(11)2)13-16-15-12(18-13)6-7-14/h4-5,8H,3,6-7,14H2,1-2H3. The van der Waals surface area contributed by atoms with Gasteiger partial charge in [0.05, 0.1) is 6.61 Å². The van der Waals surface area contributed by atoms with Gasteiger partial charge in [0.1, 0.15) is 15.8 Å². The first kappa shape index (κ1) is 13.0. The Morgan fingerprint density at radius 3 is 2.83 bits per heavy atom. The lowest BCUT2D eigenvalue weighted by Crippen LogP contribution is -2.01. The molecule has 2 rings (SSSR count). The molecule has 0 aliphatic heterocycles. The fraction of sp³-hybridized carbons (Fsp3) is 0.385. The van der Waals surface area contributed by atoms with Crippen LogP contribution in [-0.4, -0.2) is 23.3 Å². The molecule has 0 atom stereocenters. The molecule has 4 nitrogen and oxygen atoms in total. The van der Waals surface area contributed by atoms with Crippen molar-refractivity contribution in [1.29, 1.82) is 0 Å². The van der Waals surface area contributed by atoms with Crippen LogP contribution >= 0.6 is 11.3 Å². The number of benzene rings is 1. The second-order valence-corrected chi connectivity index (χ2v) is 5.01. The van der Waals surface area contributed by atoms with E-state index in [-0.39, 0.29) is 0 Å². The number of aromatic nitrogens is 2. The summed E-state index contributed by atoms with van der Waals surface area (Å²) in [5.41, 5.74) is 7.70. The molecule has 96 valence electrons. The number of hydrogen-bond acceptors (Lipinski definition) is 5. The average molecular weight is 263 g/mol. The van der Waals surface area contributed by atoms with E-state index in [1.54, 1.807) is 11.3 Å². The Hall–Kier alpha value is -1.46. The minimum absolute atomic E-state index is 0.608. The molecule has 0 saturated carbocycles. The van der Waals surface area contributed by atoms with E-state index in [1.165, 1.54) is 0 Å². The molecule has 0 aliphatic carbocycles. The fourth-order valence-corrected chi connectivity index (χ4v) is 2.55. The van der Waals surface area contributed by atoms with Crippen LogP contribution in [0.2, 0.25) is 0 Å². The van der Waals surface area contributed by atoms with Crippen molar-refractivity contribution in [2.75, 3.05) is 13.2 Å². The summed E-state index contributed by atoms with van der Waals surface area (Å²) in [5, 5.41) is 10.2. The number of nitrogens with two attached hydrogens (primary N) is 1. The number of nitrogens with zero attached hydrogens (tertiary/aromatic N) is 2. The van der Waals surface area contributed by atoms with Crippen molar-refractivity contribution in [1.82, 2.24) is 10.2 Å². The fourth-order valence-electron chi connectivity index (χ4n) is 1.69. The quantitative estimate of drug-likeness (QED) is 0.900. The molecule has 18 heavy (non-hydrogen) atoms. The molecule has 0 unspecified atom stereocenters. The van der Waals surface area contributed by atoms with Gasteiger partial charge >= 0.3 is 0 Å². The lowest BCUT2D eigenvalue weighted by atomic mass is 10.1. The van der Waals surface area contributed by atoms with Crippen LogP contribution in [-0.2, 0) is 6.42 Å². The lowest BCUT2D eigenvalue weighted by Gasteiger charge is -2.07. The maximum atomic E-state index is 5.52. The van der Waals surface area contributed by atoms with Crippen molar-refractivity contribution >= 4 is 11.3 Å². The minimum Gasteiger partial charge on any atom is -0.494 e. The van der Waals surface area contributed by atoms with Gasteiger partial charge in [0, 0.05) is 12.0 Å². The van der Waals surface area contributed by atoms with Gasteiger partial charge in [0.2, 0.25) is 0 Å². The molecule has 5 heteroatoms. The van der Waals surface area contributed by atoms with Gasteiger partial charge in [0.25, 0.3) is 0 Å². The highest BCUT2D eigenvalue weighted by Gasteiger charge is 2.08. The van der Waals surface area contributed by atoms with Crippen LogP contribution in [0.15, 0.2) is 18.2 Å². The van der Waals surface area contributed by atoms with Crippen LogP contribution in [0.3, 0.4) is 0 Å². The molecule has 0 fully saturated rings. The average Bonchev–Trinajstić information content (AvgIpc) is 2.81. The minimum atomic E-state index is 0.608. The molecule has 1 heterocycles. The van der Waals surface area contributed by atoms with Gasteiger partial charge in [-0.15, -0.1) is 10.2 Å². The molecule has 1 aromatic heterocycles. The molecular weight excluding hydrogens is 246 g/mol. The van der Waals surface area contributed by atoms with Gasteiger partial charge in [-0.1, -0.05) is 11.3 Å². The Balaban J connectivity index is 2.24. The zero-order valence-electron chi connectivity index (χ0n) is 10.6. The maximum Gasteiger partial charge on any atom is 0.147 e. The zero-order chi connectivity index (χ0) is 13.0. The van der Waals surface area contributed by atoms with Crippen molar-refractivity contribution in [3.63, 3.8) is 0 Å². The maximum absolute atomic E-state index is 5.52. The first-order valence-electron chi connectivity index (χ1n) is 6.01. The van der Waals surface area contributed by atoms with E-state index in [0.29, 0.717) is 13.2 Å². The van der Waals surface area contributed by atoms with Crippen LogP contribution in [0.1, 0.15) is 17.5 Å². The number of hydrogen-bond donors (Lipinski definition) is 1. The molecule has 0 radical (unpaired) electrons. The summed E-state index contributed by atoms with van der Waals surface area (Å²) in [4.78, 5) is 0. The van der Waals surface area contributed by atoms with Crippen molar-refractivity contribution in [3.8, 4) is 16.3 Å². The Kier molecular flexibility index (Phi) is 4.28. The van der Waals surface area contributed by atoms with Gasteiger partial charge in [-0.3, -0.25) is 0 Å². The number of ether oxygens (including phenoxy) is 1. The molecule has 0 amide bonds. The number of aryl methyl sites for hydroxylation is 1. The first-order chi connectivity index (χ1) is 8.74. The molecule has 0 spiro atoms. The molecule has 2 aromatic rings. The number of rotatable bonds is 5. The predicted molar refractivity (Wildman–Crippen MR) is 74.0 cm³/mol. The smallest absolute Gasteiger partial charge is 0.147 e. The molecule has 0 saturated heterocycles. The summed E-state index contributed by atoms with van der Waals surface area (Å²) >= 11 is 1.60. The van der Waals surface area contributed by atoms with Crippen LogP contribution in [0.5, 0.6) is 5.75 Å². The van der Waals surface area contributed by atoms with E-state index < -0.39 is 0 Å². The van der Waals surface area contributed by atoms with E-state index in [4.69, 9.17) is 10.5 Å². The van der Waals surface area contributed by atoms with Crippen molar-refractivity contribution in [2.45, 2.75) is 20.3 Å². The third kappa shape index (κ3) is 2.86. The molecular formula is C13H17N3OS. The van der Waals surface area contributed by atoms with Gasteiger partial charge in [-0.25, -0.2) is 0 Å². The summed E-state index contributed by atoms with van der Waals surface area (Å²) in [7, 11) is 0. The van der Waals surface area contributed by atoms with Crippen LogP contribution in [0, 0.1) is 6.92 Å². The van der Waals surface area contributed by atoms with E-state index in [0.717, 1.165) is 33.3 Å². The Morgan fingerprint density at radius 2 is 2.17 bits per heavy atom. The highest BCUT2D eigenvalue weighted by atomic mass is 32.1. The SMILES string of the molecule is CCOc1ccc(-c2nnc(CCN)s2)cc1C. The second-order valence-electron chi connectivity index (χ2n) is 3.95. The largest absolute Gasteiger partial charge is 0.494 e. The van der Waals surface area contributed by atoms with Gasteiger partial charge < -0.3 is 10.5 Å². The zero-order valence-corrected chi connectivity index (χ0v) is 11.5. The molecule has 0 aliphatic rings. The molecule has 0 bridgehead atoms. The van der Waals surface area contributed by atoms with E-state index >= 15 is 0 Å². The van der Waals surface area contributed by atoms with Crippen LogP contribution in [0.4, 0.5) is 0 Å². The summed E-state index contributed by atoms with van der Waals surface area (Å²) in [6.07, 6.45) is 0.785. The normalized spacial score (nSPS) is 10.6. The summed E-state index contributed by atoms with van der Waals surface area (Å²) < 4.78 is 5.52. The summed E-state index contributed by atoms with van der Waals surface area (Å²) in [5.74, 6) is 0.924. The Bertz CT molecular complexity index is 525. The lowest BCUT2D eigenvalue weighted by molar-refractivity contribution is 0.338. The predicted octanol–water partition coefficient (Wildman–Crippen LogP) is 2.41. The summed E-state index contributed by atoms with van der Waals surface area (Å²) in [6.45, 7) is 5.31. The highest BCUT2D eigenvalue weighted by Crippen LogP contribution is 2.28. The molecule has 1 aromatic carbocycles. The second kappa shape index (κ2) is 5.93. The third-order valence-electron chi connectivity index (χ3n) is 2.55. The van der Waals surface area contributed by atoms with E-state index in [1.807, 2.05) is 26.0 Å². The van der Waals surface area contributed by atoms with E-state index in [9.17, 15) is 0 Å². The molecule has 2 N–H and O–H groups in total. The van der Waals surface area contributed by atoms with Crippen molar-refractivity contribution in [2.24, 2.45) is 5.73 Å². The topological polar surface area (TPSA) is 61.0 Å². The van der Waals surface area contributed by atoms with Crippen LogP contribution < -0.4 is 10.5 Å². The summed E-state index contributed by atoms with van der Waals surface area (Å²) in [6, 6.07) is 6.08. The monoisotopic (exact) mass is 263 g/mol. The Labute approximate surface area is 111 Å². The van der Waals surface area contributed by atoms with Gasteiger partial charge in [-0.05, 0) is 44.2 Å². The Morgan fingerprint density at radius 1 is 1.33 bits per heavy atom. The third-order valence-corrected chi connectivity index (χ3v) is 3.58. The van der Waals surface area contributed by atoms with Crippen molar-refractivity contribution < 1.29 is 4.74 Å². The van der Waals surface area contributed by atoms with Crippen LogP contribution in [0.25, 0.3) is 10.6 Å². The van der Waals surface area contributed by atoms with E-state index in [2.05, 4.69) is 16.3 Å². The highest BCUT2D eigenvalue weighted by molar-refractivity contribution is 7.14. The van der Waals surface area contributed by atoms with Crippen molar-refractivity contribution in [3.05, 3.63) is 28.8 Å². The first-order valence-corrected chi connectivity index (χ1v) is 6.82.